The lowest BCUT2D eigenvalue weighted by Gasteiger charge is -2.22. The number of benzene rings is 1. The third-order valence-corrected chi connectivity index (χ3v) is 4.90. The summed E-state index contributed by atoms with van der Waals surface area (Å²) >= 11 is 0. The van der Waals surface area contributed by atoms with Gasteiger partial charge in [-0.05, 0) is 75.4 Å². The molecule has 2 aliphatic heterocycles. The summed E-state index contributed by atoms with van der Waals surface area (Å²) in [6, 6.07) is 7.23. The van der Waals surface area contributed by atoms with E-state index in [0.29, 0.717) is 24.6 Å². The molecule has 1 unspecified atom stereocenters. The predicted octanol–water partition coefficient (Wildman–Crippen LogP) is 2.94. The van der Waals surface area contributed by atoms with Gasteiger partial charge < -0.3 is 20.7 Å². The number of rotatable bonds is 6. The van der Waals surface area contributed by atoms with E-state index in [1.807, 2.05) is 12.1 Å². The lowest BCUT2D eigenvalue weighted by molar-refractivity contribution is -0.124. The second kappa shape index (κ2) is 10.5. The fourth-order valence-corrected chi connectivity index (χ4v) is 3.37. The molecule has 6 nitrogen and oxygen atoms in total. The van der Waals surface area contributed by atoms with Crippen molar-refractivity contribution in [3.05, 3.63) is 24.3 Å². The van der Waals surface area contributed by atoms with Gasteiger partial charge >= 0.3 is 0 Å². The van der Waals surface area contributed by atoms with Crippen LogP contribution in [0.1, 0.15) is 38.5 Å². The molecular weight excluding hydrogens is 354 g/mol. The van der Waals surface area contributed by atoms with Gasteiger partial charge in [0, 0.05) is 24.4 Å². The van der Waals surface area contributed by atoms with E-state index in [-0.39, 0.29) is 30.3 Å². The number of ether oxygens (including phenoxy) is 1. The van der Waals surface area contributed by atoms with Crippen LogP contribution < -0.4 is 16.0 Å². The SMILES string of the molecule is Cl.O=C(CCC1CCNCC1)Nc1ccc(NC(=O)C2CCCO2)cc1. The van der Waals surface area contributed by atoms with Gasteiger partial charge in [-0.15, -0.1) is 12.4 Å². The Morgan fingerprint density at radius 3 is 2.31 bits per heavy atom. The summed E-state index contributed by atoms with van der Waals surface area (Å²) in [6.07, 6.45) is 5.19. The third kappa shape index (κ3) is 6.27. The summed E-state index contributed by atoms with van der Waals surface area (Å²) in [5, 5.41) is 9.12. The Balaban J connectivity index is 0.00000243. The Kier molecular flexibility index (Phi) is 8.35. The fourth-order valence-electron chi connectivity index (χ4n) is 3.37. The molecule has 7 heteroatoms. The second-order valence-electron chi connectivity index (χ2n) is 6.85. The molecule has 2 heterocycles. The first-order valence-corrected chi connectivity index (χ1v) is 9.24. The molecule has 2 amide bonds. The largest absolute Gasteiger partial charge is 0.368 e. The molecule has 1 aromatic carbocycles. The van der Waals surface area contributed by atoms with E-state index in [4.69, 9.17) is 4.74 Å². The highest BCUT2D eigenvalue weighted by molar-refractivity contribution is 5.95. The van der Waals surface area contributed by atoms with Crippen molar-refractivity contribution in [3.8, 4) is 0 Å². The van der Waals surface area contributed by atoms with Crippen molar-refractivity contribution in [2.75, 3.05) is 30.3 Å². The number of hydrogen-bond donors (Lipinski definition) is 3. The van der Waals surface area contributed by atoms with Crippen LogP contribution >= 0.6 is 12.4 Å². The van der Waals surface area contributed by atoms with Crippen molar-refractivity contribution in [1.82, 2.24) is 5.32 Å². The van der Waals surface area contributed by atoms with E-state index in [1.165, 1.54) is 0 Å². The highest BCUT2D eigenvalue weighted by atomic mass is 35.5. The number of nitrogens with one attached hydrogen (secondary N) is 3. The monoisotopic (exact) mass is 381 g/mol. The molecule has 3 N–H and O–H groups in total. The van der Waals surface area contributed by atoms with Gasteiger partial charge in [0.2, 0.25) is 5.91 Å². The Hall–Kier alpha value is -1.63. The molecule has 2 fully saturated rings. The zero-order valence-electron chi connectivity index (χ0n) is 15.0. The van der Waals surface area contributed by atoms with Crippen molar-refractivity contribution in [1.29, 1.82) is 0 Å². The van der Waals surface area contributed by atoms with E-state index >= 15 is 0 Å². The maximum absolute atomic E-state index is 12.1. The Labute approximate surface area is 160 Å². The van der Waals surface area contributed by atoms with E-state index in [2.05, 4.69) is 16.0 Å². The summed E-state index contributed by atoms with van der Waals surface area (Å²) in [4.78, 5) is 24.1. The average molecular weight is 382 g/mol. The Morgan fingerprint density at radius 2 is 1.69 bits per heavy atom. The molecule has 0 saturated carbocycles. The molecule has 144 valence electrons. The van der Waals surface area contributed by atoms with Gasteiger partial charge in [0.25, 0.3) is 5.91 Å². The van der Waals surface area contributed by atoms with Gasteiger partial charge in [0.15, 0.2) is 0 Å². The van der Waals surface area contributed by atoms with Crippen LogP contribution in [-0.4, -0.2) is 37.6 Å². The zero-order valence-corrected chi connectivity index (χ0v) is 15.8. The van der Waals surface area contributed by atoms with Gasteiger partial charge in [0.05, 0.1) is 0 Å². The summed E-state index contributed by atoms with van der Waals surface area (Å²) in [6.45, 7) is 2.77. The third-order valence-electron chi connectivity index (χ3n) is 4.90. The molecule has 2 aliphatic rings. The maximum atomic E-state index is 12.1. The normalized spacial score (nSPS) is 20.2. The lowest BCUT2D eigenvalue weighted by atomic mass is 9.93. The first-order chi connectivity index (χ1) is 12.2. The molecule has 0 bridgehead atoms. The van der Waals surface area contributed by atoms with Gasteiger partial charge in [-0.2, -0.15) is 0 Å². The minimum absolute atomic E-state index is 0. The average Bonchev–Trinajstić information content (AvgIpc) is 3.17. The molecule has 1 atom stereocenters. The first-order valence-electron chi connectivity index (χ1n) is 9.24. The van der Waals surface area contributed by atoms with Crippen LogP contribution in [0, 0.1) is 5.92 Å². The Bertz CT molecular complexity index is 582. The zero-order chi connectivity index (χ0) is 17.5. The van der Waals surface area contributed by atoms with Gasteiger partial charge in [-0.3, -0.25) is 9.59 Å². The van der Waals surface area contributed by atoms with Crippen LogP contribution in [0.15, 0.2) is 24.3 Å². The maximum Gasteiger partial charge on any atom is 0.253 e. The number of halogens is 1. The smallest absolute Gasteiger partial charge is 0.253 e. The quantitative estimate of drug-likeness (QED) is 0.707. The topological polar surface area (TPSA) is 79.5 Å². The van der Waals surface area contributed by atoms with Crippen LogP contribution in [0.5, 0.6) is 0 Å². The summed E-state index contributed by atoms with van der Waals surface area (Å²) in [5.41, 5.74) is 1.47. The molecule has 0 aromatic heterocycles. The van der Waals surface area contributed by atoms with Crippen LogP contribution in [0.4, 0.5) is 11.4 Å². The Morgan fingerprint density at radius 1 is 1.04 bits per heavy atom. The first kappa shape index (κ1) is 20.7. The van der Waals surface area contributed by atoms with Crippen molar-refractivity contribution < 1.29 is 14.3 Å². The van der Waals surface area contributed by atoms with Gasteiger partial charge in [0.1, 0.15) is 6.10 Å². The minimum atomic E-state index is -0.339. The van der Waals surface area contributed by atoms with Crippen LogP contribution in [0.3, 0.4) is 0 Å². The molecule has 0 radical (unpaired) electrons. The van der Waals surface area contributed by atoms with Crippen LogP contribution in [-0.2, 0) is 14.3 Å². The van der Waals surface area contributed by atoms with Gasteiger partial charge in [-0.1, -0.05) is 0 Å². The lowest BCUT2D eigenvalue weighted by Crippen LogP contribution is -2.28. The molecular formula is C19H28ClN3O3. The highest BCUT2D eigenvalue weighted by Gasteiger charge is 2.23. The van der Waals surface area contributed by atoms with E-state index in [1.54, 1.807) is 12.1 Å². The fraction of sp³-hybridized carbons (Fsp3) is 0.579. The number of carbonyl (C=O) groups excluding carboxylic acids is 2. The molecule has 0 aliphatic carbocycles. The van der Waals surface area contributed by atoms with Crippen molar-refractivity contribution in [2.24, 2.45) is 5.92 Å². The standard InChI is InChI=1S/C19H27N3O3.ClH/c23-18(8-3-14-9-11-20-12-10-14)21-15-4-6-16(7-5-15)22-19(24)17-2-1-13-25-17;/h4-7,14,17,20H,1-3,8-13H2,(H,21,23)(H,22,24);1H. The number of anilines is 2. The summed E-state index contributed by atoms with van der Waals surface area (Å²) in [5.74, 6) is 0.605. The van der Waals surface area contributed by atoms with Crippen molar-refractivity contribution in [2.45, 2.75) is 44.6 Å². The van der Waals surface area contributed by atoms with E-state index in [0.717, 1.165) is 50.9 Å². The van der Waals surface area contributed by atoms with E-state index < -0.39 is 0 Å². The predicted molar refractivity (Wildman–Crippen MR) is 105 cm³/mol. The second-order valence-corrected chi connectivity index (χ2v) is 6.85. The number of hydrogen-bond acceptors (Lipinski definition) is 4. The molecule has 2 saturated heterocycles. The highest BCUT2D eigenvalue weighted by Crippen LogP contribution is 2.20. The number of carbonyl (C=O) groups is 2. The number of amides is 2. The number of piperidine rings is 1. The van der Waals surface area contributed by atoms with Crippen molar-refractivity contribution >= 4 is 35.6 Å². The van der Waals surface area contributed by atoms with Crippen molar-refractivity contribution in [3.63, 3.8) is 0 Å². The summed E-state index contributed by atoms with van der Waals surface area (Å²) < 4.78 is 5.37. The molecule has 26 heavy (non-hydrogen) atoms. The molecule has 1 aromatic rings. The van der Waals surface area contributed by atoms with Gasteiger partial charge in [-0.25, -0.2) is 0 Å². The van der Waals surface area contributed by atoms with E-state index in [9.17, 15) is 9.59 Å². The molecule has 3 rings (SSSR count). The van der Waals surface area contributed by atoms with Crippen LogP contribution in [0.25, 0.3) is 0 Å². The molecule has 0 spiro atoms. The minimum Gasteiger partial charge on any atom is -0.368 e. The summed E-state index contributed by atoms with van der Waals surface area (Å²) in [7, 11) is 0. The van der Waals surface area contributed by atoms with Crippen LogP contribution in [0.2, 0.25) is 0 Å².